The topological polar surface area (TPSA) is 58.1 Å². The summed E-state index contributed by atoms with van der Waals surface area (Å²) in [4.78, 5) is 22.7. The quantitative estimate of drug-likeness (QED) is 0.924. The molecule has 1 aliphatic heterocycles. The first-order chi connectivity index (χ1) is 11.7. The lowest BCUT2D eigenvalue weighted by Crippen LogP contribution is -2.49. The summed E-state index contributed by atoms with van der Waals surface area (Å²) >= 11 is 5.99. The number of urea groups is 1. The van der Waals surface area contributed by atoms with E-state index in [0.717, 1.165) is 32.2 Å². The van der Waals surface area contributed by atoms with Crippen LogP contribution in [0.25, 0.3) is 0 Å². The van der Waals surface area contributed by atoms with Gasteiger partial charge in [0, 0.05) is 25.0 Å². The average Bonchev–Trinajstić information content (AvgIpc) is 2.62. The van der Waals surface area contributed by atoms with E-state index in [9.17, 15) is 4.79 Å². The van der Waals surface area contributed by atoms with Gasteiger partial charge in [0.15, 0.2) is 5.15 Å². The van der Waals surface area contributed by atoms with Crippen LogP contribution in [0.1, 0.15) is 30.5 Å². The number of amides is 2. The van der Waals surface area contributed by atoms with Crippen molar-refractivity contribution in [2.45, 2.75) is 38.3 Å². The molecule has 1 unspecified atom stereocenters. The Morgan fingerprint density at radius 2 is 2.00 bits per heavy atom. The zero-order valence-electron chi connectivity index (χ0n) is 13.5. The lowest BCUT2D eigenvalue weighted by Gasteiger charge is -2.36. The van der Waals surface area contributed by atoms with Gasteiger partial charge in [-0.1, -0.05) is 41.9 Å². The Morgan fingerprint density at radius 3 is 2.79 bits per heavy atom. The van der Waals surface area contributed by atoms with Crippen LogP contribution in [0, 0.1) is 0 Å². The van der Waals surface area contributed by atoms with Crippen molar-refractivity contribution in [1.29, 1.82) is 0 Å². The van der Waals surface area contributed by atoms with Crippen molar-refractivity contribution >= 4 is 17.6 Å². The molecule has 1 atom stereocenters. The molecule has 1 aromatic heterocycles. The van der Waals surface area contributed by atoms with E-state index in [1.165, 1.54) is 11.8 Å². The molecule has 3 rings (SSSR count). The highest BCUT2D eigenvalue weighted by Gasteiger charge is 2.26. The highest BCUT2D eigenvalue weighted by atomic mass is 35.5. The third-order valence-corrected chi connectivity index (χ3v) is 4.65. The average molecular weight is 345 g/mol. The van der Waals surface area contributed by atoms with Crippen LogP contribution >= 0.6 is 11.6 Å². The van der Waals surface area contributed by atoms with Gasteiger partial charge in [-0.15, -0.1) is 0 Å². The zero-order chi connectivity index (χ0) is 16.8. The normalized spacial score (nSPS) is 17.5. The fourth-order valence-corrected chi connectivity index (χ4v) is 3.27. The second-order valence-corrected chi connectivity index (χ2v) is 6.34. The first kappa shape index (κ1) is 16.7. The molecular weight excluding hydrogens is 324 g/mol. The number of piperidine rings is 1. The number of carbonyl (C=O) groups is 1. The molecule has 6 heteroatoms. The minimum Gasteiger partial charge on any atom is -0.332 e. The van der Waals surface area contributed by atoms with Crippen LogP contribution in [0.2, 0.25) is 5.15 Å². The van der Waals surface area contributed by atoms with Crippen molar-refractivity contribution in [2.75, 3.05) is 6.54 Å². The molecule has 1 N–H and O–H groups in total. The molecule has 2 heterocycles. The van der Waals surface area contributed by atoms with Crippen molar-refractivity contribution in [3.63, 3.8) is 0 Å². The van der Waals surface area contributed by atoms with Crippen molar-refractivity contribution in [1.82, 2.24) is 20.2 Å². The fraction of sp³-hybridized carbons (Fsp3) is 0.389. The summed E-state index contributed by atoms with van der Waals surface area (Å²) in [5, 5.41) is 3.26. The molecule has 0 aliphatic carbocycles. The maximum atomic E-state index is 12.6. The van der Waals surface area contributed by atoms with E-state index in [1.54, 1.807) is 6.20 Å². The van der Waals surface area contributed by atoms with E-state index >= 15 is 0 Å². The van der Waals surface area contributed by atoms with Gasteiger partial charge in [0.2, 0.25) is 0 Å². The van der Waals surface area contributed by atoms with Gasteiger partial charge in [0.05, 0.1) is 12.2 Å². The van der Waals surface area contributed by atoms with E-state index in [2.05, 4.69) is 27.4 Å². The second kappa shape index (κ2) is 8.11. The van der Waals surface area contributed by atoms with E-state index in [1.807, 2.05) is 23.1 Å². The summed E-state index contributed by atoms with van der Waals surface area (Å²) < 4.78 is 0. The van der Waals surface area contributed by atoms with E-state index in [-0.39, 0.29) is 12.1 Å². The summed E-state index contributed by atoms with van der Waals surface area (Å²) in [7, 11) is 0. The number of rotatable bonds is 4. The molecule has 24 heavy (non-hydrogen) atoms. The number of aromatic nitrogens is 2. The summed E-state index contributed by atoms with van der Waals surface area (Å²) in [6.07, 6.45) is 7.25. The number of benzene rings is 1. The second-order valence-electron chi connectivity index (χ2n) is 5.99. The Morgan fingerprint density at radius 1 is 1.21 bits per heavy atom. The number of nitrogens with zero attached hydrogens (tertiary/aromatic N) is 3. The molecule has 2 amide bonds. The van der Waals surface area contributed by atoms with Crippen molar-refractivity contribution < 1.29 is 4.79 Å². The molecule has 0 saturated carbocycles. The Balaban J connectivity index is 1.62. The highest BCUT2D eigenvalue weighted by molar-refractivity contribution is 6.29. The van der Waals surface area contributed by atoms with Gasteiger partial charge in [-0.05, 0) is 31.2 Å². The van der Waals surface area contributed by atoms with Gasteiger partial charge >= 0.3 is 6.03 Å². The fourth-order valence-electron chi connectivity index (χ4n) is 3.10. The molecule has 1 aliphatic rings. The molecule has 5 nitrogen and oxygen atoms in total. The zero-order valence-corrected chi connectivity index (χ0v) is 14.2. The van der Waals surface area contributed by atoms with Crippen molar-refractivity contribution in [3.05, 3.63) is 59.1 Å². The smallest absolute Gasteiger partial charge is 0.317 e. The van der Waals surface area contributed by atoms with Gasteiger partial charge in [0.25, 0.3) is 0 Å². The van der Waals surface area contributed by atoms with Gasteiger partial charge in [-0.2, -0.15) is 0 Å². The Hall–Kier alpha value is -2.14. The van der Waals surface area contributed by atoms with Crippen LogP contribution in [0.3, 0.4) is 0 Å². The summed E-state index contributed by atoms with van der Waals surface area (Å²) in [6, 6.07) is 10.5. The Bertz CT molecular complexity index is 680. The highest BCUT2D eigenvalue weighted by Crippen LogP contribution is 2.21. The molecular formula is C18H21ClN4O. The molecule has 2 aromatic rings. The molecule has 126 valence electrons. The van der Waals surface area contributed by atoms with Crippen LogP contribution in [0.15, 0.2) is 42.7 Å². The van der Waals surface area contributed by atoms with Gasteiger partial charge < -0.3 is 10.2 Å². The molecule has 1 saturated heterocycles. The van der Waals surface area contributed by atoms with E-state index in [4.69, 9.17) is 11.6 Å². The maximum Gasteiger partial charge on any atom is 0.317 e. The predicted octanol–water partition coefficient (Wildman–Crippen LogP) is 3.44. The molecule has 1 aromatic carbocycles. The third kappa shape index (κ3) is 4.23. The number of hydrogen-bond donors (Lipinski definition) is 1. The minimum absolute atomic E-state index is 0.0580. The van der Waals surface area contributed by atoms with E-state index < -0.39 is 0 Å². The van der Waals surface area contributed by atoms with Gasteiger partial charge in [0.1, 0.15) is 0 Å². The van der Waals surface area contributed by atoms with Gasteiger partial charge in [-0.3, -0.25) is 4.98 Å². The van der Waals surface area contributed by atoms with Crippen LogP contribution in [0.5, 0.6) is 0 Å². The summed E-state index contributed by atoms with van der Waals surface area (Å²) in [6.45, 7) is 1.08. The van der Waals surface area contributed by atoms with Gasteiger partial charge in [-0.25, -0.2) is 9.78 Å². The molecule has 1 fully saturated rings. The monoisotopic (exact) mass is 344 g/mol. The SMILES string of the molecule is O=C(NCc1nccnc1Cl)N1CCCCC1Cc1ccccc1. The van der Waals surface area contributed by atoms with Crippen molar-refractivity contribution in [3.8, 4) is 0 Å². The number of hydrogen-bond acceptors (Lipinski definition) is 3. The van der Waals surface area contributed by atoms with Crippen LogP contribution < -0.4 is 5.32 Å². The first-order valence-corrected chi connectivity index (χ1v) is 8.65. The standard InChI is InChI=1S/C18H21ClN4O/c19-17-16(20-9-10-21-17)13-22-18(24)23-11-5-4-8-15(23)12-14-6-2-1-3-7-14/h1-3,6-7,9-10,15H,4-5,8,11-13H2,(H,22,24). The molecule has 0 radical (unpaired) electrons. The largest absolute Gasteiger partial charge is 0.332 e. The minimum atomic E-state index is -0.0580. The molecule has 0 spiro atoms. The predicted molar refractivity (Wildman–Crippen MR) is 93.8 cm³/mol. The third-order valence-electron chi connectivity index (χ3n) is 4.33. The first-order valence-electron chi connectivity index (χ1n) is 8.28. The van der Waals surface area contributed by atoms with Crippen LogP contribution in [-0.2, 0) is 13.0 Å². The lowest BCUT2D eigenvalue weighted by atomic mass is 9.96. The Kier molecular flexibility index (Phi) is 5.64. The number of likely N-dealkylation sites (tertiary alicyclic amines) is 1. The number of carbonyl (C=O) groups excluding carboxylic acids is 1. The number of halogens is 1. The lowest BCUT2D eigenvalue weighted by molar-refractivity contribution is 0.150. The summed E-state index contributed by atoms with van der Waals surface area (Å²) in [5.41, 5.74) is 1.85. The number of nitrogens with one attached hydrogen (secondary N) is 1. The van der Waals surface area contributed by atoms with Crippen molar-refractivity contribution in [2.24, 2.45) is 0 Å². The summed E-state index contributed by atoms with van der Waals surface area (Å²) in [5.74, 6) is 0. The maximum absolute atomic E-state index is 12.6. The van der Waals surface area contributed by atoms with Crippen LogP contribution in [0.4, 0.5) is 4.79 Å². The molecule has 0 bridgehead atoms. The van der Waals surface area contributed by atoms with Crippen LogP contribution in [-0.4, -0.2) is 33.5 Å². The Labute approximate surface area is 147 Å². The van der Waals surface area contributed by atoms with E-state index in [0.29, 0.717) is 17.4 Å².